The highest BCUT2D eigenvalue weighted by Crippen LogP contribution is 2.60. The minimum absolute atomic E-state index is 0.116. The summed E-state index contributed by atoms with van der Waals surface area (Å²) in [7, 11) is 0. The summed E-state index contributed by atoms with van der Waals surface area (Å²) in [5.74, 6) is -0.116. The van der Waals surface area contributed by atoms with Crippen molar-refractivity contribution in [1.82, 2.24) is 0 Å². The van der Waals surface area contributed by atoms with Gasteiger partial charge in [-0.3, -0.25) is 4.79 Å². The van der Waals surface area contributed by atoms with Gasteiger partial charge in [-0.1, -0.05) is 37.3 Å². The predicted molar refractivity (Wildman–Crippen MR) is 57.1 cm³/mol. The molecule has 0 aliphatic heterocycles. The van der Waals surface area contributed by atoms with Crippen LogP contribution < -0.4 is 0 Å². The maximum atomic E-state index is 11.4. The Morgan fingerprint density at radius 3 is 3.07 bits per heavy atom. The first kappa shape index (κ1) is 8.72. The molecule has 1 saturated carbocycles. The van der Waals surface area contributed by atoms with E-state index in [2.05, 4.69) is 18.2 Å². The van der Waals surface area contributed by atoms with Crippen molar-refractivity contribution in [3.05, 3.63) is 41.0 Å². The molecule has 2 nitrogen and oxygen atoms in total. The fraction of sp³-hybridized carbons (Fsp3) is 0.308. The molecule has 0 aromatic heterocycles. The summed E-state index contributed by atoms with van der Waals surface area (Å²) in [6, 6.07) is 8.12. The molecule has 15 heavy (non-hydrogen) atoms. The third-order valence-corrected chi connectivity index (χ3v) is 3.14. The van der Waals surface area contributed by atoms with Crippen LogP contribution in [0.1, 0.15) is 30.9 Å². The summed E-state index contributed by atoms with van der Waals surface area (Å²) in [5.41, 5.74) is 3.22. The van der Waals surface area contributed by atoms with Crippen molar-refractivity contribution in [2.75, 3.05) is 0 Å². The number of esters is 1. The van der Waals surface area contributed by atoms with Gasteiger partial charge in [0.2, 0.25) is 0 Å². The number of hydrogen-bond donors (Lipinski definition) is 0. The highest BCUT2D eigenvalue weighted by molar-refractivity contribution is 5.79. The highest BCUT2D eigenvalue weighted by Gasteiger charge is 2.58. The number of ether oxygens (including phenoxy) is 1. The van der Waals surface area contributed by atoms with Gasteiger partial charge >= 0.3 is 5.97 Å². The molecule has 0 bridgehead atoms. The zero-order valence-corrected chi connectivity index (χ0v) is 8.62. The SMILES string of the molecule is CCC(=O)OC12CC1=Cc1ccccc12. The van der Waals surface area contributed by atoms with Gasteiger partial charge in [-0.15, -0.1) is 0 Å². The largest absolute Gasteiger partial charge is 0.449 e. The van der Waals surface area contributed by atoms with Crippen LogP contribution in [0.5, 0.6) is 0 Å². The summed E-state index contributed by atoms with van der Waals surface area (Å²) >= 11 is 0. The van der Waals surface area contributed by atoms with E-state index in [0.29, 0.717) is 6.42 Å². The Hall–Kier alpha value is -1.57. The normalized spacial score (nSPS) is 25.3. The molecule has 76 valence electrons. The average molecular weight is 200 g/mol. The van der Waals surface area contributed by atoms with Gasteiger partial charge in [-0.05, 0) is 11.1 Å². The second-order valence-electron chi connectivity index (χ2n) is 4.09. The molecule has 1 aromatic carbocycles. The van der Waals surface area contributed by atoms with E-state index in [1.165, 1.54) is 11.1 Å². The van der Waals surface area contributed by atoms with Crippen LogP contribution in [0.2, 0.25) is 0 Å². The molecule has 0 radical (unpaired) electrons. The standard InChI is InChI=1S/C13H12O2/c1-2-12(14)15-13-8-10(13)7-9-5-3-4-6-11(9)13/h3-7H,2,8H2,1H3. The van der Waals surface area contributed by atoms with Crippen LogP contribution in [0, 0.1) is 0 Å². The third kappa shape index (κ3) is 1.08. The Kier molecular flexibility index (Phi) is 1.58. The van der Waals surface area contributed by atoms with E-state index in [0.717, 1.165) is 12.0 Å². The summed E-state index contributed by atoms with van der Waals surface area (Å²) in [6.45, 7) is 1.82. The van der Waals surface area contributed by atoms with Crippen molar-refractivity contribution < 1.29 is 9.53 Å². The van der Waals surface area contributed by atoms with E-state index >= 15 is 0 Å². The lowest BCUT2D eigenvalue weighted by Gasteiger charge is -2.15. The third-order valence-electron chi connectivity index (χ3n) is 3.14. The molecular weight excluding hydrogens is 188 g/mol. The van der Waals surface area contributed by atoms with Gasteiger partial charge in [0.05, 0.1) is 0 Å². The molecule has 2 aliphatic carbocycles. The predicted octanol–water partition coefficient (Wildman–Crippen LogP) is 2.64. The summed E-state index contributed by atoms with van der Waals surface area (Å²) < 4.78 is 5.54. The van der Waals surface area contributed by atoms with Crippen molar-refractivity contribution >= 4 is 12.0 Å². The van der Waals surface area contributed by atoms with Crippen LogP contribution in [-0.4, -0.2) is 5.97 Å². The van der Waals surface area contributed by atoms with Gasteiger partial charge in [-0.25, -0.2) is 0 Å². The number of fused-ring (bicyclic) bond motifs is 3. The van der Waals surface area contributed by atoms with Crippen LogP contribution in [0.15, 0.2) is 29.8 Å². The van der Waals surface area contributed by atoms with E-state index in [9.17, 15) is 4.79 Å². The molecule has 2 heteroatoms. The molecule has 1 fully saturated rings. The summed E-state index contributed by atoms with van der Waals surface area (Å²) in [4.78, 5) is 11.4. The van der Waals surface area contributed by atoms with Gasteiger partial charge < -0.3 is 4.74 Å². The van der Waals surface area contributed by atoms with Gasteiger partial charge in [0.25, 0.3) is 0 Å². The molecule has 1 unspecified atom stereocenters. The Balaban J connectivity index is 1.98. The van der Waals surface area contributed by atoms with Gasteiger partial charge in [0.15, 0.2) is 5.60 Å². The molecule has 0 saturated heterocycles. The van der Waals surface area contributed by atoms with E-state index in [4.69, 9.17) is 4.74 Å². The molecule has 1 aromatic rings. The molecule has 0 N–H and O–H groups in total. The topological polar surface area (TPSA) is 26.3 Å². The minimum Gasteiger partial charge on any atom is -0.449 e. The fourth-order valence-electron chi connectivity index (χ4n) is 2.26. The van der Waals surface area contributed by atoms with Crippen molar-refractivity contribution in [3.8, 4) is 0 Å². The van der Waals surface area contributed by atoms with Gasteiger partial charge in [0, 0.05) is 18.4 Å². The van der Waals surface area contributed by atoms with Gasteiger partial charge in [0.1, 0.15) is 0 Å². The van der Waals surface area contributed by atoms with E-state index < -0.39 is 0 Å². The molecule has 0 spiro atoms. The Bertz CT molecular complexity index is 473. The number of hydrogen-bond acceptors (Lipinski definition) is 2. The number of benzene rings is 1. The Morgan fingerprint density at radius 1 is 1.47 bits per heavy atom. The number of carbonyl (C=O) groups excluding carboxylic acids is 1. The molecule has 2 aliphatic rings. The fourth-order valence-corrected chi connectivity index (χ4v) is 2.26. The quantitative estimate of drug-likeness (QED) is 0.686. The highest BCUT2D eigenvalue weighted by atomic mass is 16.6. The number of carbonyl (C=O) groups is 1. The van der Waals surface area contributed by atoms with E-state index in [1.54, 1.807) is 0 Å². The molecule has 3 rings (SSSR count). The first-order valence-corrected chi connectivity index (χ1v) is 5.28. The Morgan fingerprint density at radius 2 is 2.27 bits per heavy atom. The maximum Gasteiger partial charge on any atom is 0.306 e. The number of rotatable bonds is 2. The van der Waals surface area contributed by atoms with Crippen molar-refractivity contribution in [1.29, 1.82) is 0 Å². The van der Waals surface area contributed by atoms with Crippen LogP contribution in [-0.2, 0) is 15.1 Å². The molecular formula is C13H12O2. The zero-order chi connectivity index (χ0) is 10.5. The van der Waals surface area contributed by atoms with E-state index in [1.807, 2.05) is 19.1 Å². The van der Waals surface area contributed by atoms with Crippen LogP contribution in [0.25, 0.3) is 6.08 Å². The smallest absolute Gasteiger partial charge is 0.306 e. The van der Waals surface area contributed by atoms with E-state index in [-0.39, 0.29) is 11.6 Å². The van der Waals surface area contributed by atoms with Crippen LogP contribution in [0.4, 0.5) is 0 Å². The van der Waals surface area contributed by atoms with Crippen LogP contribution in [0.3, 0.4) is 0 Å². The van der Waals surface area contributed by atoms with Crippen LogP contribution >= 0.6 is 0 Å². The monoisotopic (exact) mass is 200 g/mol. The maximum absolute atomic E-state index is 11.4. The second kappa shape index (κ2) is 2.72. The Labute approximate surface area is 88.6 Å². The first-order valence-electron chi connectivity index (χ1n) is 5.28. The zero-order valence-electron chi connectivity index (χ0n) is 8.62. The summed E-state index contributed by atoms with van der Waals surface area (Å²) in [5, 5.41) is 0. The summed E-state index contributed by atoms with van der Waals surface area (Å²) in [6.07, 6.45) is 3.46. The van der Waals surface area contributed by atoms with Gasteiger partial charge in [-0.2, -0.15) is 0 Å². The van der Waals surface area contributed by atoms with Crippen molar-refractivity contribution in [3.63, 3.8) is 0 Å². The minimum atomic E-state index is -0.371. The average Bonchev–Trinajstić information content (AvgIpc) is 2.85. The molecule has 1 atom stereocenters. The van der Waals surface area contributed by atoms with Crippen molar-refractivity contribution in [2.45, 2.75) is 25.4 Å². The molecule has 0 heterocycles. The second-order valence-corrected chi connectivity index (χ2v) is 4.09. The lowest BCUT2D eigenvalue weighted by molar-refractivity contribution is -0.150. The lowest BCUT2D eigenvalue weighted by Crippen LogP contribution is -2.16. The van der Waals surface area contributed by atoms with Crippen molar-refractivity contribution in [2.24, 2.45) is 0 Å². The first-order chi connectivity index (χ1) is 7.26. The molecule has 0 amide bonds. The lowest BCUT2D eigenvalue weighted by atomic mass is 10.0.